The van der Waals surface area contributed by atoms with Gasteiger partial charge in [-0.15, -0.1) is 0 Å². The predicted octanol–water partition coefficient (Wildman–Crippen LogP) is 3.19. The predicted molar refractivity (Wildman–Crippen MR) is 91.0 cm³/mol. The molecule has 0 atom stereocenters. The van der Waals surface area contributed by atoms with Crippen molar-refractivity contribution in [2.75, 3.05) is 13.2 Å². The number of rotatable bonds is 8. The summed E-state index contributed by atoms with van der Waals surface area (Å²) in [5, 5.41) is 1.53. The molecule has 23 heavy (non-hydrogen) atoms. The van der Waals surface area contributed by atoms with Gasteiger partial charge in [0, 0.05) is 24.8 Å². The lowest BCUT2D eigenvalue weighted by atomic mass is 10.1. The number of benzene rings is 1. The van der Waals surface area contributed by atoms with Crippen molar-refractivity contribution in [2.45, 2.75) is 46.6 Å². The lowest BCUT2D eigenvalue weighted by molar-refractivity contribution is -0.143. The molecule has 0 saturated heterocycles. The third kappa shape index (κ3) is 4.56. The lowest BCUT2D eigenvalue weighted by Crippen LogP contribution is -2.30. The van der Waals surface area contributed by atoms with E-state index in [1.165, 1.54) is 0 Å². The van der Waals surface area contributed by atoms with Crippen molar-refractivity contribution in [1.29, 1.82) is 0 Å². The summed E-state index contributed by atoms with van der Waals surface area (Å²) in [5.41, 5.74) is -0.0528. The van der Waals surface area contributed by atoms with Gasteiger partial charge in [0.2, 0.25) is 0 Å². The molecule has 0 aliphatic carbocycles. The first-order chi connectivity index (χ1) is 11.0. The summed E-state index contributed by atoms with van der Waals surface area (Å²) in [6.45, 7) is 9.23. The molecule has 0 amide bonds. The quantitative estimate of drug-likeness (QED) is 0.701. The van der Waals surface area contributed by atoms with E-state index in [0.29, 0.717) is 25.1 Å². The first-order valence-electron chi connectivity index (χ1n) is 8.08. The van der Waals surface area contributed by atoms with Crippen LogP contribution in [0.1, 0.15) is 27.7 Å². The van der Waals surface area contributed by atoms with Gasteiger partial charge in [0.15, 0.2) is 6.29 Å². The van der Waals surface area contributed by atoms with Crippen LogP contribution in [-0.4, -0.2) is 30.2 Å². The van der Waals surface area contributed by atoms with Gasteiger partial charge < -0.3 is 18.8 Å². The van der Waals surface area contributed by atoms with Crippen LogP contribution in [0, 0.1) is 0 Å². The summed E-state index contributed by atoms with van der Waals surface area (Å²) in [4.78, 5) is 12.6. The largest absolute Gasteiger partial charge is 0.491 e. The molecule has 5 nitrogen and oxygen atoms in total. The van der Waals surface area contributed by atoms with Gasteiger partial charge in [-0.05, 0) is 57.3 Å². The second kappa shape index (κ2) is 8.13. The van der Waals surface area contributed by atoms with Crippen molar-refractivity contribution < 1.29 is 14.2 Å². The van der Waals surface area contributed by atoms with E-state index >= 15 is 0 Å². The Morgan fingerprint density at radius 1 is 1.09 bits per heavy atom. The molecule has 1 aromatic heterocycles. The molecule has 0 N–H and O–H groups in total. The first-order valence-corrected chi connectivity index (χ1v) is 8.08. The Bertz CT molecular complexity index is 687. The van der Waals surface area contributed by atoms with Crippen molar-refractivity contribution in [1.82, 2.24) is 4.57 Å². The van der Waals surface area contributed by atoms with Gasteiger partial charge >= 0.3 is 0 Å². The minimum Gasteiger partial charge on any atom is -0.491 e. The van der Waals surface area contributed by atoms with Crippen molar-refractivity contribution in [2.24, 2.45) is 0 Å². The molecule has 126 valence electrons. The van der Waals surface area contributed by atoms with Crippen molar-refractivity contribution in [3.63, 3.8) is 0 Å². The van der Waals surface area contributed by atoms with Crippen LogP contribution in [0.15, 0.2) is 35.3 Å². The van der Waals surface area contributed by atoms with Crippen LogP contribution < -0.4 is 10.3 Å². The van der Waals surface area contributed by atoms with E-state index in [1.807, 2.05) is 52.0 Å². The number of hydrogen-bond acceptors (Lipinski definition) is 4. The van der Waals surface area contributed by atoms with E-state index in [9.17, 15) is 4.79 Å². The van der Waals surface area contributed by atoms with E-state index in [4.69, 9.17) is 14.2 Å². The average molecular weight is 319 g/mol. The van der Waals surface area contributed by atoms with E-state index in [1.54, 1.807) is 10.8 Å². The van der Waals surface area contributed by atoms with E-state index in [-0.39, 0.29) is 11.7 Å². The summed E-state index contributed by atoms with van der Waals surface area (Å²) in [7, 11) is 0. The monoisotopic (exact) mass is 319 g/mol. The summed E-state index contributed by atoms with van der Waals surface area (Å²) in [6.07, 6.45) is 1.46. The maximum Gasteiger partial charge on any atom is 0.258 e. The van der Waals surface area contributed by atoms with E-state index in [0.717, 1.165) is 11.1 Å². The molecule has 2 aromatic rings. The van der Waals surface area contributed by atoms with Crippen LogP contribution in [0.25, 0.3) is 10.8 Å². The Kier molecular flexibility index (Phi) is 6.19. The molecule has 2 rings (SSSR count). The highest BCUT2D eigenvalue weighted by atomic mass is 16.7. The molecule has 0 spiro atoms. The smallest absolute Gasteiger partial charge is 0.258 e. The number of nitrogens with zero attached hydrogens (tertiary/aromatic N) is 1. The van der Waals surface area contributed by atoms with Gasteiger partial charge in [-0.25, -0.2) is 0 Å². The molecule has 0 saturated carbocycles. The van der Waals surface area contributed by atoms with Crippen molar-refractivity contribution in [3.8, 4) is 5.75 Å². The zero-order chi connectivity index (χ0) is 16.8. The molecule has 0 aliphatic heterocycles. The zero-order valence-electron chi connectivity index (χ0n) is 14.2. The van der Waals surface area contributed by atoms with Crippen LogP contribution >= 0.6 is 0 Å². The van der Waals surface area contributed by atoms with Crippen molar-refractivity contribution >= 4 is 10.8 Å². The van der Waals surface area contributed by atoms with Crippen LogP contribution in [-0.2, 0) is 16.0 Å². The molecule has 0 radical (unpaired) electrons. The molecular weight excluding hydrogens is 294 g/mol. The third-order valence-electron chi connectivity index (χ3n) is 3.37. The Labute approximate surface area is 136 Å². The maximum absolute atomic E-state index is 12.6. The zero-order valence-corrected chi connectivity index (χ0v) is 14.2. The molecular formula is C18H25NO4. The van der Waals surface area contributed by atoms with Gasteiger partial charge in [0.1, 0.15) is 5.75 Å². The molecule has 0 aliphatic rings. The second-order valence-corrected chi connectivity index (χ2v) is 5.53. The molecule has 0 fully saturated rings. The van der Waals surface area contributed by atoms with Crippen LogP contribution in [0.5, 0.6) is 5.75 Å². The highest BCUT2D eigenvalue weighted by molar-refractivity contribution is 5.82. The lowest BCUT2D eigenvalue weighted by Gasteiger charge is -2.18. The van der Waals surface area contributed by atoms with E-state index in [2.05, 4.69) is 0 Å². The molecule has 1 aromatic carbocycles. The van der Waals surface area contributed by atoms with Crippen LogP contribution in [0.3, 0.4) is 0 Å². The number of pyridine rings is 1. The van der Waals surface area contributed by atoms with Gasteiger partial charge in [-0.1, -0.05) is 0 Å². The molecule has 0 bridgehead atoms. The van der Waals surface area contributed by atoms with Crippen molar-refractivity contribution in [3.05, 3.63) is 40.8 Å². The Morgan fingerprint density at radius 2 is 1.78 bits per heavy atom. The standard InChI is InChI=1S/C18H25NO4/c1-5-21-17(22-6-2)12-19-10-9-14-11-15(23-13(3)4)7-8-16(14)18(19)20/h7-11,13,17H,5-6,12H2,1-4H3. The summed E-state index contributed by atoms with van der Waals surface area (Å²) < 4.78 is 18.3. The van der Waals surface area contributed by atoms with Crippen LogP contribution in [0.4, 0.5) is 0 Å². The fraction of sp³-hybridized carbons (Fsp3) is 0.500. The fourth-order valence-electron chi connectivity index (χ4n) is 2.44. The first kappa shape index (κ1) is 17.5. The Balaban J connectivity index is 2.29. The highest BCUT2D eigenvalue weighted by Crippen LogP contribution is 2.19. The fourth-order valence-corrected chi connectivity index (χ4v) is 2.44. The number of fused-ring (bicyclic) bond motifs is 1. The summed E-state index contributed by atoms with van der Waals surface area (Å²) in [6, 6.07) is 7.45. The molecule has 0 unspecified atom stereocenters. The highest BCUT2D eigenvalue weighted by Gasteiger charge is 2.12. The summed E-state index contributed by atoms with van der Waals surface area (Å²) >= 11 is 0. The van der Waals surface area contributed by atoms with Crippen LogP contribution in [0.2, 0.25) is 0 Å². The third-order valence-corrected chi connectivity index (χ3v) is 3.37. The second-order valence-electron chi connectivity index (χ2n) is 5.53. The Morgan fingerprint density at radius 3 is 2.39 bits per heavy atom. The summed E-state index contributed by atoms with van der Waals surface area (Å²) in [5.74, 6) is 0.770. The Hall–Kier alpha value is -1.85. The minimum absolute atomic E-state index is 0.0528. The van der Waals surface area contributed by atoms with Gasteiger partial charge in [-0.3, -0.25) is 4.79 Å². The average Bonchev–Trinajstić information content (AvgIpc) is 2.50. The normalized spacial score (nSPS) is 11.6. The van der Waals surface area contributed by atoms with Gasteiger partial charge in [0.25, 0.3) is 5.56 Å². The topological polar surface area (TPSA) is 49.7 Å². The minimum atomic E-state index is -0.413. The molecule has 1 heterocycles. The molecule has 5 heteroatoms. The van der Waals surface area contributed by atoms with Gasteiger partial charge in [-0.2, -0.15) is 0 Å². The number of ether oxygens (including phenoxy) is 3. The van der Waals surface area contributed by atoms with E-state index < -0.39 is 6.29 Å². The number of hydrogen-bond donors (Lipinski definition) is 0. The number of aromatic nitrogens is 1. The SMILES string of the molecule is CCOC(Cn1ccc2cc(OC(C)C)ccc2c1=O)OCC. The maximum atomic E-state index is 12.6. The van der Waals surface area contributed by atoms with Gasteiger partial charge in [0.05, 0.1) is 12.6 Å².